The molecule has 0 radical (unpaired) electrons. The third-order valence-corrected chi connectivity index (χ3v) is 3.43. The first-order valence-corrected chi connectivity index (χ1v) is 6.88. The molecule has 1 aromatic carbocycles. The van der Waals surface area contributed by atoms with E-state index in [-0.39, 0.29) is 6.10 Å². The molecule has 0 fully saturated rings. The Morgan fingerprint density at radius 2 is 2.39 bits per heavy atom. The molecule has 0 spiro atoms. The van der Waals surface area contributed by atoms with E-state index >= 15 is 0 Å². The van der Waals surface area contributed by atoms with Gasteiger partial charge in [-0.15, -0.1) is 0 Å². The Bertz CT molecular complexity index is 395. The lowest BCUT2D eigenvalue weighted by molar-refractivity contribution is 0.182. The molecule has 1 aliphatic heterocycles. The van der Waals surface area contributed by atoms with Crippen LogP contribution in [0.15, 0.2) is 18.2 Å². The molecule has 0 aromatic heterocycles. The van der Waals surface area contributed by atoms with E-state index in [0.29, 0.717) is 11.1 Å². The minimum atomic E-state index is -0.260. The van der Waals surface area contributed by atoms with Gasteiger partial charge in [0.15, 0.2) is 0 Å². The highest BCUT2D eigenvalue weighted by molar-refractivity contribution is 6.30. The maximum Gasteiger partial charge on any atom is 0.125 e. The van der Waals surface area contributed by atoms with Gasteiger partial charge in [0.05, 0.1) is 12.7 Å². The second-order valence-corrected chi connectivity index (χ2v) is 5.25. The average Bonchev–Trinajstić information content (AvgIpc) is 2.51. The van der Waals surface area contributed by atoms with Crippen LogP contribution < -0.4 is 10.1 Å². The van der Waals surface area contributed by atoms with Gasteiger partial charge in [-0.05, 0) is 44.9 Å². The molecule has 2 atom stereocenters. The van der Waals surface area contributed by atoms with Crippen LogP contribution in [0.5, 0.6) is 5.75 Å². The zero-order valence-corrected chi connectivity index (χ0v) is 11.4. The Kier molecular flexibility index (Phi) is 4.87. The average molecular weight is 270 g/mol. The lowest BCUT2D eigenvalue weighted by Gasteiger charge is -2.19. The zero-order chi connectivity index (χ0) is 13.0. The molecule has 1 aromatic rings. The van der Waals surface area contributed by atoms with Crippen molar-refractivity contribution >= 4 is 11.6 Å². The number of rotatable bonds is 4. The van der Waals surface area contributed by atoms with Gasteiger partial charge in [0.1, 0.15) is 5.75 Å². The highest BCUT2D eigenvalue weighted by Gasteiger charge is 2.19. The van der Waals surface area contributed by atoms with Gasteiger partial charge in [0.2, 0.25) is 0 Å². The lowest BCUT2D eigenvalue weighted by Crippen LogP contribution is -2.24. The first-order chi connectivity index (χ1) is 8.66. The highest BCUT2D eigenvalue weighted by Crippen LogP contribution is 2.33. The summed E-state index contributed by atoms with van der Waals surface area (Å²) in [5, 5.41) is 13.5. The van der Waals surface area contributed by atoms with E-state index in [4.69, 9.17) is 16.3 Å². The number of fused-ring (bicyclic) bond motifs is 1. The summed E-state index contributed by atoms with van der Waals surface area (Å²) in [7, 11) is 0. The first-order valence-electron chi connectivity index (χ1n) is 6.50. The molecule has 18 heavy (non-hydrogen) atoms. The quantitative estimate of drug-likeness (QED) is 0.883. The highest BCUT2D eigenvalue weighted by atomic mass is 35.5. The van der Waals surface area contributed by atoms with Crippen molar-refractivity contribution in [1.29, 1.82) is 0 Å². The minimum Gasteiger partial charge on any atom is -0.493 e. The van der Waals surface area contributed by atoms with Gasteiger partial charge in [0.25, 0.3) is 0 Å². The summed E-state index contributed by atoms with van der Waals surface area (Å²) in [6, 6.07) is 6.10. The largest absolute Gasteiger partial charge is 0.493 e. The Balaban J connectivity index is 2.07. The van der Waals surface area contributed by atoms with Crippen LogP contribution in [0.1, 0.15) is 37.8 Å². The Hall–Kier alpha value is -0.770. The van der Waals surface area contributed by atoms with Gasteiger partial charge >= 0.3 is 0 Å². The van der Waals surface area contributed by atoms with E-state index < -0.39 is 0 Å². The standard InChI is InChI=1S/C14H20ClNO2/c1-10(17)6-7-16-13-3-2-8-18-14-9-11(15)4-5-12(13)14/h4-5,9-10,13,16-17H,2-3,6-8H2,1H3. The van der Waals surface area contributed by atoms with Gasteiger partial charge < -0.3 is 15.2 Å². The fourth-order valence-electron chi connectivity index (χ4n) is 2.22. The van der Waals surface area contributed by atoms with Crippen LogP contribution in [0.3, 0.4) is 0 Å². The van der Waals surface area contributed by atoms with Crippen molar-refractivity contribution in [2.75, 3.05) is 13.2 Å². The third kappa shape index (κ3) is 3.61. The summed E-state index contributed by atoms with van der Waals surface area (Å²) >= 11 is 5.99. The van der Waals surface area contributed by atoms with E-state index in [1.54, 1.807) is 0 Å². The summed E-state index contributed by atoms with van der Waals surface area (Å²) in [5.74, 6) is 0.884. The van der Waals surface area contributed by atoms with Crippen LogP contribution in [0.25, 0.3) is 0 Å². The molecule has 0 bridgehead atoms. The van der Waals surface area contributed by atoms with Crippen LogP contribution in [0, 0.1) is 0 Å². The second-order valence-electron chi connectivity index (χ2n) is 4.82. The van der Waals surface area contributed by atoms with Crippen molar-refractivity contribution in [2.24, 2.45) is 0 Å². The number of hydrogen-bond donors (Lipinski definition) is 2. The minimum absolute atomic E-state index is 0.260. The molecule has 1 aliphatic rings. The molecule has 0 saturated heterocycles. The van der Waals surface area contributed by atoms with Crippen LogP contribution in [0.4, 0.5) is 0 Å². The second kappa shape index (κ2) is 6.41. The fraction of sp³-hybridized carbons (Fsp3) is 0.571. The van der Waals surface area contributed by atoms with Crippen LogP contribution in [-0.4, -0.2) is 24.4 Å². The number of hydrogen-bond acceptors (Lipinski definition) is 3. The van der Waals surface area contributed by atoms with Crippen LogP contribution >= 0.6 is 11.6 Å². The van der Waals surface area contributed by atoms with Crippen molar-refractivity contribution in [3.63, 3.8) is 0 Å². The Labute approximate surface area is 113 Å². The predicted octanol–water partition coefficient (Wildman–Crippen LogP) is 2.91. The van der Waals surface area contributed by atoms with Crippen LogP contribution in [-0.2, 0) is 0 Å². The van der Waals surface area contributed by atoms with Crippen molar-refractivity contribution in [3.05, 3.63) is 28.8 Å². The summed E-state index contributed by atoms with van der Waals surface area (Å²) in [4.78, 5) is 0. The number of aliphatic hydroxyl groups excluding tert-OH is 1. The van der Waals surface area contributed by atoms with Crippen molar-refractivity contribution in [3.8, 4) is 5.75 Å². The molecule has 2 N–H and O–H groups in total. The Morgan fingerprint density at radius 3 is 3.17 bits per heavy atom. The summed E-state index contributed by atoms with van der Waals surface area (Å²) in [6.45, 7) is 3.36. The molecule has 4 heteroatoms. The molecule has 0 saturated carbocycles. The number of halogens is 1. The summed E-state index contributed by atoms with van der Waals surface area (Å²) in [5.41, 5.74) is 1.17. The SMILES string of the molecule is CC(O)CCNC1CCCOc2cc(Cl)ccc21. The van der Waals surface area contributed by atoms with Gasteiger partial charge in [-0.3, -0.25) is 0 Å². The van der Waals surface area contributed by atoms with E-state index in [9.17, 15) is 5.11 Å². The molecule has 100 valence electrons. The topological polar surface area (TPSA) is 41.5 Å². The molecule has 1 heterocycles. The number of nitrogens with one attached hydrogen (secondary N) is 1. The van der Waals surface area contributed by atoms with E-state index in [1.807, 2.05) is 25.1 Å². The molecule has 2 rings (SSSR count). The van der Waals surface area contributed by atoms with Crippen molar-refractivity contribution < 1.29 is 9.84 Å². The lowest BCUT2D eigenvalue weighted by atomic mass is 10.0. The maximum absolute atomic E-state index is 9.29. The maximum atomic E-state index is 9.29. The third-order valence-electron chi connectivity index (χ3n) is 3.20. The fourth-order valence-corrected chi connectivity index (χ4v) is 2.39. The van der Waals surface area contributed by atoms with Crippen molar-refractivity contribution in [1.82, 2.24) is 5.32 Å². The summed E-state index contributed by atoms with van der Waals surface area (Å²) in [6.07, 6.45) is 2.58. The zero-order valence-electron chi connectivity index (χ0n) is 10.7. The smallest absolute Gasteiger partial charge is 0.125 e. The molecule has 2 unspecified atom stereocenters. The predicted molar refractivity (Wildman–Crippen MR) is 73.2 cm³/mol. The van der Waals surface area contributed by atoms with E-state index in [1.165, 1.54) is 5.56 Å². The van der Waals surface area contributed by atoms with E-state index in [2.05, 4.69) is 5.32 Å². The normalized spacial score (nSPS) is 20.7. The molecule has 0 aliphatic carbocycles. The van der Waals surface area contributed by atoms with Crippen LogP contribution in [0.2, 0.25) is 5.02 Å². The first kappa shape index (κ1) is 13.7. The van der Waals surface area contributed by atoms with E-state index in [0.717, 1.165) is 38.2 Å². The van der Waals surface area contributed by atoms with Gasteiger partial charge in [-0.1, -0.05) is 17.7 Å². The number of aliphatic hydroxyl groups is 1. The van der Waals surface area contributed by atoms with Crippen molar-refractivity contribution in [2.45, 2.75) is 38.3 Å². The molecule has 3 nitrogen and oxygen atoms in total. The van der Waals surface area contributed by atoms with Gasteiger partial charge in [-0.2, -0.15) is 0 Å². The number of ether oxygens (including phenoxy) is 1. The molecular formula is C14H20ClNO2. The molecular weight excluding hydrogens is 250 g/mol. The van der Waals surface area contributed by atoms with Gasteiger partial charge in [0, 0.05) is 16.6 Å². The summed E-state index contributed by atoms with van der Waals surface area (Å²) < 4.78 is 5.71. The number of benzene rings is 1. The van der Waals surface area contributed by atoms with Gasteiger partial charge in [-0.25, -0.2) is 0 Å². The monoisotopic (exact) mass is 269 g/mol. The molecule has 0 amide bonds. The Morgan fingerprint density at radius 1 is 1.56 bits per heavy atom.